The normalized spacial score (nSPS) is 24.2. The van der Waals surface area contributed by atoms with Gasteiger partial charge in [0.15, 0.2) is 0 Å². The number of rotatable bonds is 4. The first-order valence-electron chi connectivity index (χ1n) is 6.41. The van der Waals surface area contributed by atoms with E-state index in [1.807, 2.05) is 30.0 Å². The van der Waals surface area contributed by atoms with Crippen LogP contribution in [0.5, 0.6) is 0 Å². The maximum Gasteiger partial charge on any atom is 0.0410 e. The average molecular weight is 349 g/mol. The van der Waals surface area contributed by atoms with Crippen LogP contribution < -0.4 is 5.32 Å². The average Bonchev–Trinajstić information content (AvgIpc) is 2.40. The Bertz CT molecular complexity index is 399. The third-order valence-corrected chi connectivity index (χ3v) is 5.75. The summed E-state index contributed by atoms with van der Waals surface area (Å²) in [7, 11) is 0. The molecule has 1 aromatic carbocycles. The third kappa shape index (κ3) is 3.89. The molecule has 1 nitrogen and oxygen atoms in total. The highest BCUT2D eigenvalue weighted by Gasteiger charge is 2.23. The molecule has 1 aliphatic carbocycles. The topological polar surface area (TPSA) is 12.0 Å². The molecule has 0 bridgehead atoms. The van der Waals surface area contributed by atoms with Gasteiger partial charge in [-0.25, -0.2) is 0 Å². The minimum Gasteiger partial charge on any atom is -0.309 e. The van der Waals surface area contributed by atoms with Crippen molar-refractivity contribution in [2.75, 3.05) is 6.26 Å². The Kier molecular flexibility index (Phi) is 5.87. The fraction of sp³-hybridized carbons (Fsp3) is 0.571. The fourth-order valence-electron chi connectivity index (χ4n) is 2.53. The van der Waals surface area contributed by atoms with Gasteiger partial charge in [-0.2, -0.15) is 11.8 Å². The summed E-state index contributed by atoms with van der Waals surface area (Å²) in [5.41, 5.74) is 1.24. The minimum atomic E-state index is 0.639. The van der Waals surface area contributed by atoms with Crippen molar-refractivity contribution in [1.29, 1.82) is 0 Å². The predicted molar refractivity (Wildman–Crippen MR) is 85.6 cm³/mol. The van der Waals surface area contributed by atoms with Crippen LogP contribution in [0.1, 0.15) is 31.2 Å². The smallest absolute Gasteiger partial charge is 0.0410 e. The van der Waals surface area contributed by atoms with Crippen molar-refractivity contribution < 1.29 is 0 Å². The zero-order chi connectivity index (χ0) is 13.0. The Morgan fingerprint density at radius 3 is 2.94 bits per heavy atom. The van der Waals surface area contributed by atoms with E-state index in [1.54, 1.807) is 0 Å². The molecule has 1 aromatic rings. The summed E-state index contributed by atoms with van der Waals surface area (Å²) in [6.07, 6.45) is 7.59. The number of thioether (sulfide) groups is 1. The summed E-state index contributed by atoms with van der Waals surface area (Å²) >= 11 is 11.6. The van der Waals surface area contributed by atoms with Crippen molar-refractivity contribution in [2.45, 2.75) is 43.5 Å². The highest BCUT2D eigenvalue weighted by Crippen LogP contribution is 2.28. The lowest BCUT2D eigenvalue weighted by Gasteiger charge is -2.31. The van der Waals surface area contributed by atoms with Crippen LogP contribution in [0.3, 0.4) is 0 Å². The van der Waals surface area contributed by atoms with Gasteiger partial charge in [0.2, 0.25) is 0 Å². The lowest BCUT2D eigenvalue weighted by atomic mass is 9.94. The first kappa shape index (κ1) is 14.7. The second kappa shape index (κ2) is 7.18. The molecule has 0 aliphatic heterocycles. The second-order valence-electron chi connectivity index (χ2n) is 4.78. The van der Waals surface area contributed by atoms with E-state index in [0.717, 1.165) is 21.3 Å². The molecule has 1 saturated carbocycles. The molecule has 2 rings (SSSR count). The maximum absolute atomic E-state index is 6.04. The first-order chi connectivity index (χ1) is 8.70. The van der Waals surface area contributed by atoms with E-state index in [-0.39, 0.29) is 0 Å². The van der Waals surface area contributed by atoms with Crippen LogP contribution in [0, 0.1) is 0 Å². The number of nitrogens with one attached hydrogen (secondary N) is 1. The van der Waals surface area contributed by atoms with Gasteiger partial charge in [-0.05, 0) is 42.9 Å². The van der Waals surface area contributed by atoms with Crippen molar-refractivity contribution >= 4 is 39.3 Å². The van der Waals surface area contributed by atoms with E-state index in [4.69, 9.17) is 11.6 Å². The maximum atomic E-state index is 6.04. The largest absolute Gasteiger partial charge is 0.309 e. The number of hydrogen-bond acceptors (Lipinski definition) is 2. The molecule has 0 heterocycles. The van der Waals surface area contributed by atoms with Gasteiger partial charge < -0.3 is 5.32 Å². The molecule has 0 aromatic heterocycles. The minimum absolute atomic E-state index is 0.639. The second-order valence-corrected chi connectivity index (χ2v) is 7.15. The van der Waals surface area contributed by atoms with Gasteiger partial charge in [0.05, 0.1) is 0 Å². The molecular weight excluding hydrogens is 330 g/mol. The van der Waals surface area contributed by atoms with Crippen LogP contribution in [0.25, 0.3) is 0 Å². The SMILES string of the molecule is CSC1CCCCC1NCc1cc(Cl)ccc1Br. The monoisotopic (exact) mass is 347 g/mol. The van der Waals surface area contributed by atoms with Gasteiger partial charge in [-0.1, -0.05) is 40.4 Å². The van der Waals surface area contributed by atoms with Crippen LogP contribution >= 0.6 is 39.3 Å². The molecule has 2 atom stereocenters. The van der Waals surface area contributed by atoms with Crippen molar-refractivity contribution in [2.24, 2.45) is 0 Å². The van der Waals surface area contributed by atoms with E-state index < -0.39 is 0 Å². The van der Waals surface area contributed by atoms with Crippen LogP contribution in [-0.2, 0) is 6.54 Å². The van der Waals surface area contributed by atoms with Crippen molar-refractivity contribution in [3.05, 3.63) is 33.3 Å². The van der Waals surface area contributed by atoms with E-state index in [2.05, 4.69) is 27.5 Å². The molecule has 0 spiro atoms. The zero-order valence-electron chi connectivity index (χ0n) is 10.6. The summed E-state index contributed by atoms with van der Waals surface area (Å²) in [5, 5.41) is 5.26. The summed E-state index contributed by atoms with van der Waals surface area (Å²) in [6.45, 7) is 0.892. The van der Waals surface area contributed by atoms with Gasteiger partial charge in [0.1, 0.15) is 0 Å². The van der Waals surface area contributed by atoms with Gasteiger partial charge in [0.25, 0.3) is 0 Å². The summed E-state index contributed by atoms with van der Waals surface area (Å²) in [6, 6.07) is 6.61. The Hall–Kier alpha value is 0.300. The molecule has 0 radical (unpaired) electrons. The fourth-order valence-corrected chi connectivity index (χ4v) is 4.08. The van der Waals surface area contributed by atoms with Crippen LogP contribution in [0.4, 0.5) is 0 Å². The van der Waals surface area contributed by atoms with Crippen molar-refractivity contribution in [3.8, 4) is 0 Å². The Morgan fingerprint density at radius 2 is 2.17 bits per heavy atom. The highest BCUT2D eigenvalue weighted by molar-refractivity contribution is 9.10. The molecule has 2 unspecified atom stereocenters. The molecule has 1 N–H and O–H groups in total. The van der Waals surface area contributed by atoms with Crippen LogP contribution in [0.2, 0.25) is 5.02 Å². The molecular formula is C14H19BrClNS. The predicted octanol–water partition coefficient (Wildman–Crippen LogP) is 4.87. The highest BCUT2D eigenvalue weighted by atomic mass is 79.9. The number of benzene rings is 1. The Balaban J connectivity index is 1.95. The summed E-state index contributed by atoms with van der Waals surface area (Å²) in [4.78, 5) is 0. The number of halogens is 2. The lowest BCUT2D eigenvalue weighted by molar-refractivity contribution is 0.383. The first-order valence-corrected chi connectivity index (χ1v) is 8.86. The van der Waals surface area contributed by atoms with Crippen LogP contribution in [-0.4, -0.2) is 17.5 Å². The zero-order valence-corrected chi connectivity index (χ0v) is 13.7. The van der Waals surface area contributed by atoms with Gasteiger partial charge in [-0.3, -0.25) is 0 Å². The molecule has 100 valence electrons. The Morgan fingerprint density at radius 1 is 1.39 bits per heavy atom. The molecule has 0 saturated heterocycles. The Labute approximate surface area is 127 Å². The van der Waals surface area contributed by atoms with Crippen LogP contribution in [0.15, 0.2) is 22.7 Å². The van der Waals surface area contributed by atoms with E-state index in [0.29, 0.717) is 6.04 Å². The van der Waals surface area contributed by atoms with Gasteiger partial charge in [-0.15, -0.1) is 0 Å². The summed E-state index contributed by atoms with van der Waals surface area (Å²) < 4.78 is 1.14. The summed E-state index contributed by atoms with van der Waals surface area (Å²) in [5.74, 6) is 0. The standard InChI is InChI=1S/C14H19BrClNS/c1-18-14-5-3-2-4-13(14)17-9-10-8-11(16)6-7-12(10)15/h6-8,13-14,17H,2-5,9H2,1H3. The molecule has 1 fully saturated rings. The lowest BCUT2D eigenvalue weighted by Crippen LogP contribution is -2.40. The molecule has 18 heavy (non-hydrogen) atoms. The molecule has 0 amide bonds. The third-order valence-electron chi connectivity index (χ3n) is 3.57. The van der Waals surface area contributed by atoms with E-state index >= 15 is 0 Å². The molecule has 1 aliphatic rings. The quantitative estimate of drug-likeness (QED) is 0.833. The van der Waals surface area contributed by atoms with Crippen molar-refractivity contribution in [3.63, 3.8) is 0 Å². The number of hydrogen-bond donors (Lipinski definition) is 1. The van der Waals surface area contributed by atoms with E-state index in [1.165, 1.54) is 31.2 Å². The van der Waals surface area contributed by atoms with E-state index in [9.17, 15) is 0 Å². The van der Waals surface area contributed by atoms with Crippen molar-refractivity contribution in [1.82, 2.24) is 5.32 Å². The van der Waals surface area contributed by atoms with Gasteiger partial charge in [0, 0.05) is 27.3 Å². The van der Waals surface area contributed by atoms with Gasteiger partial charge >= 0.3 is 0 Å². The molecule has 4 heteroatoms.